The first-order chi connectivity index (χ1) is 25.3. The molecule has 2 aromatic carbocycles. The maximum Gasteiger partial charge on any atom is 0.352 e. The molecule has 3 heterocycles. The van der Waals surface area contributed by atoms with Gasteiger partial charge in [-0.25, -0.2) is 14.6 Å². The number of phenolic OH excluding ortho intramolecular Hbond substituents is 2. The Bertz CT molecular complexity index is 1990. The number of aromatic hydroxyl groups is 2. The Morgan fingerprint density at radius 2 is 1.74 bits per heavy atom. The number of likely N-dealkylation sites (N-methyl/N-ethyl adjacent to an activating group) is 1. The lowest BCUT2D eigenvalue weighted by Crippen LogP contribution is -2.71. The molecule has 1 saturated heterocycles. The summed E-state index contributed by atoms with van der Waals surface area (Å²) in [5.74, 6) is -3.83. The maximum absolute atomic E-state index is 13.4. The lowest BCUT2D eigenvalue weighted by Gasteiger charge is -2.49. The molecule has 0 aliphatic carbocycles. The summed E-state index contributed by atoms with van der Waals surface area (Å²) in [4.78, 5) is 61.3. The van der Waals surface area contributed by atoms with Gasteiger partial charge >= 0.3 is 11.9 Å². The summed E-state index contributed by atoms with van der Waals surface area (Å²) in [7, 11) is 4.28. The lowest BCUT2D eigenvalue weighted by molar-refractivity contribution is -0.903. The molecular weight excluding hydrogens is 737 g/mol. The third-order valence-electron chi connectivity index (χ3n) is 9.25. The number of aromatic nitrogens is 1. The van der Waals surface area contributed by atoms with E-state index in [0.717, 1.165) is 46.5 Å². The SMILES string of the molecule is CC(CC1=C(C(=O)O)N2C(=O)[C@@H](NC(=O)/C(=N\OC(C)(C)C(=O)O)c3csc(N)n3)[C@H]2SC1)Cc1ccc(C[N+](C)(C)CCc2ccc(O)c(O)c2)cc1. The Hall–Kier alpha value is -5.13. The van der Waals surface area contributed by atoms with Gasteiger partial charge in [-0.1, -0.05) is 42.4 Å². The summed E-state index contributed by atoms with van der Waals surface area (Å²) in [6, 6.07) is 12.2. The zero-order valence-corrected chi connectivity index (χ0v) is 32.2. The van der Waals surface area contributed by atoms with Crippen LogP contribution in [0.2, 0.25) is 0 Å². The topological polar surface area (TPSA) is 225 Å². The molecule has 5 rings (SSSR count). The molecule has 1 unspecified atom stereocenters. The van der Waals surface area contributed by atoms with E-state index in [0.29, 0.717) is 24.2 Å². The number of phenols is 2. The standard InChI is InChI=1S/C37H44N6O9S2/c1-20(14-21-6-8-23(9-7-21)17-43(4,5)13-12-22-10-11-26(44)27(45)16-22)15-24-18-53-33-29(32(47)42(33)30(24)34(48)49)40-31(46)28(25-19-54-36(38)39-25)41-52-37(2,3)35(50)51/h6-11,16,19-20,29,33H,12-15,17-18H2,1-5H3,(H6-,38,39,40,41,44,45,46,48,49,50,51)/p+1/t20?,29-,33-/m1/s1. The number of hydrogen-bond donors (Lipinski definition) is 6. The Morgan fingerprint density at radius 1 is 1.07 bits per heavy atom. The number of carboxylic acids is 2. The maximum atomic E-state index is 13.4. The van der Waals surface area contributed by atoms with Crippen LogP contribution >= 0.6 is 23.1 Å². The number of carboxylic acid groups (broad SMARTS) is 2. The van der Waals surface area contributed by atoms with Gasteiger partial charge in [-0.2, -0.15) is 0 Å². The number of carbonyl (C=O) groups excluding carboxylic acids is 2. The molecule has 3 aromatic rings. The number of thiazole rings is 1. The fraction of sp³-hybridized carbons (Fsp3) is 0.405. The summed E-state index contributed by atoms with van der Waals surface area (Å²) in [6.07, 6.45) is 1.90. The number of oxime groups is 1. The Labute approximate surface area is 320 Å². The second-order valence-corrected chi connectivity index (χ2v) is 16.8. The number of fused-ring (bicyclic) bond motifs is 1. The molecule has 7 N–H and O–H groups in total. The highest BCUT2D eigenvalue weighted by Crippen LogP contribution is 2.42. The first-order valence-corrected chi connectivity index (χ1v) is 19.1. The van der Waals surface area contributed by atoms with Gasteiger partial charge in [0.1, 0.15) is 29.4 Å². The lowest BCUT2D eigenvalue weighted by atomic mass is 9.92. The van der Waals surface area contributed by atoms with E-state index in [9.17, 15) is 39.6 Å². The molecule has 288 valence electrons. The van der Waals surface area contributed by atoms with Crippen LogP contribution in [0.4, 0.5) is 5.13 Å². The molecule has 2 aliphatic rings. The summed E-state index contributed by atoms with van der Waals surface area (Å²) in [5, 5.41) is 46.3. The van der Waals surface area contributed by atoms with E-state index in [4.69, 9.17) is 10.6 Å². The van der Waals surface area contributed by atoms with Crippen LogP contribution in [0.3, 0.4) is 0 Å². The van der Waals surface area contributed by atoms with Gasteiger partial charge in [0.25, 0.3) is 11.8 Å². The zero-order valence-electron chi connectivity index (χ0n) is 30.6. The van der Waals surface area contributed by atoms with E-state index >= 15 is 0 Å². The Balaban J connectivity index is 1.20. The van der Waals surface area contributed by atoms with Crippen molar-refractivity contribution >= 4 is 57.7 Å². The third-order valence-corrected chi connectivity index (χ3v) is 11.3. The fourth-order valence-corrected chi connectivity index (χ4v) is 8.16. The van der Waals surface area contributed by atoms with E-state index in [1.54, 1.807) is 6.07 Å². The van der Waals surface area contributed by atoms with Gasteiger partial charge in [-0.15, -0.1) is 23.1 Å². The predicted octanol–water partition coefficient (Wildman–Crippen LogP) is 3.55. The number of nitrogen functional groups attached to an aromatic ring is 1. The van der Waals surface area contributed by atoms with Crippen LogP contribution in [-0.4, -0.2) is 108 Å². The molecule has 0 spiro atoms. The van der Waals surface area contributed by atoms with E-state index in [-0.39, 0.29) is 39.7 Å². The largest absolute Gasteiger partial charge is 0.504 e. The van der Waals surface area contributed by atoms with Crippen molar-refractivity contribution < 1.29 is 48.9 Å². The highest BCUT2D eigenvalue weighted by atomic mass is 32.2. The molecular formula is C37H45N6O9S2+. The van der Waals surface area contributed by atoms with Crippen LogP contribution in [0.1, 0.15) is 49.6 Å². The quantitative estimate of drug-likeness (QED) is 0.0404. The molecule has 1 aromatic heterocycles. The van der Waals surface area contributed by atoms with Gasteiger partial charge < -0.3 is 40.8 Å². The molecule has 17 heteroatoms. The third kappa shape index (κ3) is 9.32. The van der Waals surface area contributed by atoms with Crippen molar-refractivity contribution in [2.45, 2.75) is 63.6 Å². The number of amides is 2. The van der Waals surface area contributed by atoms with Gasteiger partial charge in [0.2, 0.25) is 5.60 Å². The summed E-state index contributed by atoms with van der Waals surface area (Å²) in [6.45, 7) is 6.17. The number of nitrogens with two attached hydrogens (primary N) is 1. The number of β-lactam (4-membered cyclic amide) rings is 1. The van der Waals surface area contributed by atoms with E-state index in [1.807, 2.05) is 13.0 Å². The number of benzene rings is 2. The minimum absolute atomic E-state index is 0.0284. The number of nitrogens with zero attached hydrogens (tertiary/aromatic N) is 4. The van der Waals surface area contributed by atoms with Crippen LogP contribution in [0.15, 0.2) is 64.3 Å². The molecule has 54 heavy (non-hydrogen) atoms. The molecule has 3 atom stereocenters. The number of anilines is 1. The monoisotopic (exact) mass is 781 g/mol. The van der Waals surface area contributed by atoms with Crippen molar-refractivity contribution in [1.82, 2.24) is 15.2 Å². The van der Waals surface area contributed by atoms with Gasteiger partial charge in [0.15, 0.2) is 22.3 Å². The fourth-order valence-electron chi connectivity index (χ4n) is 6.25. The van der Waals surface area contributed by atoms with Crippen LogP contribution in [0, 0.1) is 5.92 Å². The zero-order chi connectivity index (χ0) is 39.5. The van der Waals surface area contributed by atoms with Gasteiger partial charge in [-0.3, -0.25) is 14.5 Å². The highest BCUT2D eigenvalue weighted by Gasteiger charge is 2.54. The minimum atomic E-state index is -1.77. The van der Waals surface area contributed by atoms with Crippen LogP contribution in [-0.2, 0) is 43.4 Å². The summed E-state index contributed by atoms with van der Waals surface area (Å²) >= 11 is 2.38. The smallest absolute Gasteiger partial charge is 0.352 e. The average Bonchev–Trinajstić information content (AvgIpc) is 3.53. The highest BCUT2D eigenvalue weighted by molar-refractivity contribution is 8.00. The van der Waals surface area contributed by atoms with E-state index in [2.05, 4.69) is 53.8 Å². The average molecular weight is 782 g/mol. The molecule has 15 nitrogen and oxygen atoms in total. The van der Waals surface area contributed by atoms with Crippen molar-refractivity contribution in [2.24, 2.45) is 11.1 Å². The minimum Gasteiger partial charge on any atom is -0.504 e. The van der Waals surface area contributed by atoms with Crippen molar-refractivity contribution in [2.75, 3.05) is 32.1 Å². The number of carbonyl (C=O) groups is 4. The Morgan fingerprint density at radius 3 is 2.35 bits per heavy atom. The first-order valence-electron chi connectivity index (χ1n) is 17.2. The van der Waals surface area contributed by atoms with Crippen molar-refractivity contribution in [1.29, 1.82) is 0 Å². The number of nitrogens with one attached hydrogen (secondary N) is 1. The first kappa shape index (κ1) is 40.1. The molecule has 2 amide bonds. The van der Waals surface area contributed by atoms with Crippen LogP contribution in [0.25, 0.3) is 0 Å². The van der Waals surface area contributed by atoms with Crippen molar-refractivity contribution in [3.8, 4) is 11.5 Å². The second-order valence-electron chi connectivity index (χ2n) is 14.8. The number of aliphatic carboxylic acids is 2. The number of thioether (sulfide) groups is 1. The van der Waals surface area contributed by atoms with Crippen molar-refractivity contribution in [3.05, 3.63) is 81.5 Å². The predicted molar refractivity (Wildman–Crippen MR) is 204 cm³/mol. The number of quaternary nitrogens is 1. The van der Waals surface area contributed by atoms with E-state index < -0.39 is 40.8 Å². The van der Waals surface area contributed by atoms with Gasteiger partial charge in [0, 0.05) is 23.1 Å². The summed E-state index contributed by atoms with van der Waals surface area (Å²) < 4.78 is 0.719. The Kier molecular flexibility index (Phi) is 11.9. The number of rotatable bonds is 16. The molecule has 2 aliphatic heterocycles. The van der Waals surface area contributed by atoms with Gasteiger partial charge in [-0.05, 0) is 61.4 Å². The molecule has 0 saturated carbocycles. The summed E-state index contributed by atoms with van der Waals surface area (Å²) in [5.41, 5.74) is 7.39. The molecule has 0 radical (unpaired) electrons. The van der Waals surface area contributed by atoms with E-state index in [1.165, 1.54) is 47.5 Å². The van der Waals surface area contributed by atoms with Crippen LogP contribution in [0.5, 0.6) is 11.5 Å². The molecule has 0 bridgehead atoms. The van der Waals surface area contributed by atoms with Crippen molar-refractivity contribution in [3.63, 3.8) is 0 Å². The van der Waals surface area contributed by atoms with Gasteiger partial charge in [0.05, 0.1) is 20.6 Å². The normalized spacial score (nSPS) is 18.1. The molecule has 1 fully saturated rings. The van der Waals surface area contributed by atoms with Crippen LogP contribution < -0.4 is 11.1 Å². The second kappa shape index (κ2) is 16.1. The number of hydrogen-bond acceptors (Lipinski definition) is 12.